The molecule has 0 aliphatic rings. The third kappa shape index (κ3) is 4.45. The van der Waals surface area contributed by atoms with Gasteiger partial charge >= 0.3 is 5.97 Å². The van der Waals surface area contributed by atoms with Crippen molar-refractivity contribution in [2.75, 3.05) is 13.6 Å². The van der Waals surface area contributed by atoms with Crippen molar-refractivity contribution in [2.45, 2.75) is 17.7 Å². The minimum absolute atomic E-state index is 0.00944. The highest BCUT2D eigenvalue weighted by atomic mass is 79.9. The van der Waals surface area contributed by atoms with Gasteiger partial charge in [-0.05, 0) is 24.6 Å². The van der Waals surface area contributed by atoms with Crippen molar-refractivity contribution < 1.29 is 18.3 Å². The monoisotopic (exact) mass is 369 g/mol. The summed E-state index contributed by atoms with van der Waals surface area (Å²) in [4.78, 5) is 10.4. The second-order valence-corrected chi connectivity index (χ2v) is 7.23. The van der Waals surface area contributed by atoms with E-state index >= 15 is 0 Å². The molecule has 0 atom stereocenters. The van der Waals surface area contributed by atoms with E-state index in [0.717, 1.165) is 4.31 Å². The molecule has 1 aromatic carbocycles. The molecule has 0 saturated carbocycles. The van der Waals surface area contributed by atoms with Crippen LogP contribution in [0.2, 0.25) is 5.02 Å². The van der Waals surface area contributed by atoms with E-state index in [9.17, 15) is 13.2 Å². The number of rotatable bonds is 6. The lowest BCUT2D eigenvalue weighted by Crippen LogP contribution is -2.28. The third-order valence-electron chi connectivity index (χ3n) is 2.45. The maximum Gasteiger partial charge on any atom is 0.303 e. The number of carbonyl (C=O) groups is 1. The number of carboxylic acids is 1. The van der Waals surface area contributed by atoms with Gasteiger partial charge in [0.25, 0.3) is 0 Å². The summed E-state index contributed by atoms with van der Waals surface area (Å²) in [5, 5.41) is 8.65. The van der Waals surface area contributed by atoms with Crippen LogP contribution in [0.15, 0.2) is 27.6 Å². The first-order valence-corrected chi connectivity index (χ1v) is 7.99. The molecule has 5 nitrogen and oxygen atoms in total. The van der Waals surface area contributed by atoms with Gasteiger partial charge in [0.1, 0.15) is 4.90 Å². The molecule has 0 aromatic heterocycles. The third-order valence-corrected chi connectivity index (χ3v) is 5.28. The topological polar surface area (TPSA) is 74.7 Å². The minimum atomic E-state index is -3.70. The summed E-state index contributed by atoms with van der Waals surface area (Å²) < 4.78 is 26.2. The summed E-state index contributed by atoms with van der Waals surface area (Å²) in [6, 6.07) is 4.50. The Bertz CT molecular complexity index is 576. The Hall–Kier alpha value is -0.630. The highest BCUT2D eigenvalue weighted by Gasteiger charge is 2.23. The molecule has 1 N–H and O–H groups in total. The van der Waals surface area contributed by atoms with Crippen LogP contribution in [-0.4, -0.2) is 37.4 Å². The Morgan fingerprint density at radius 3 is 2.63 bits per heavy atom. The predicted octanol–water partition coefficient (Wildman–Crippen LogP) is 2.59. The second-order valence-electron chi connectivity index (χ2n) is 3.90. The number of aliphatic carboxylic acids is 1. The smallest absolute Gasteiger partial charge is 0.303 e. The molecular formula is C11H13BrClNO4S. The van der Waals surface area contributed by atoms with E-state index in [1.807, 2.05) is 0 Å². The number of carboxylic acid groups (broad SMARTS) is 1. The van der Waals surface area contributed by atoms with E-state index in [4.69, 9.17) is 16.7 Å². The fourth-order valence-electron chi connectivity index (χ4n) is 1.43. The molecule has 0 aliphatic heterocycles. The standard InChI is InChI=1S/C11H13BrClNO4S/c1-14(6-2-3-11(15)16)19(17,18)10-5-4-8(12)7-9(10)13/h4-5,7H,2-3,6H2,1H3,(H,15,16). The van der Waals surface area contributed by atoms with Gasteiger partial charge in [0.05, 0.1) is 5.02 Å². The van der Waals surface area contributed by atoms with Crippen LogP contribution in [0, 0.1) is 0 Å². The van der Waals surface area contributed by atoms with Crippen molar-refractivity contribution in [3.05, 3.63) is 27.7 Å². The lowest BCUT2D eigenvalue weighted by Gasteiger charge is -2.17. The number of nitrogens with zero attached hydrogens (tertiary/aromatic N) is 1. The molecule has 0 bridgehead atoms. The van der Waals surface area contributed by atoms with E-state index < -0.39 is 16.0 Å². The van der Waals surface area contributed by atoms with Crippen molar-refractivity contribution >= 4 is 43.5 Å². The molecule has 0 saturated heterocycles. The summed E-state index contributed by atoms with van der Waals surface area (Å²) in [6.45, 7) is 0.126. The van der Waals surface area contributed by atoms with Crippen LogP contribution in [0.5, 0.6) is 0 Å². The minimum Gasteiger partial charge on any atom is -0.481 e. The highest BCUT2D eigenvalue weighted by molar-refractivity contribution is 9.10. The zero-order chi connectivity index (χ0) is 14.6. The lowest BCUT2D eigenvalue weighted by molar-refractivity contribution is -0.137. The first-order valence-electron chi connectivity index (χ1n) is 5.38. The van der Waals surface area contributed by atoms with Gasteiger partial charge in [0, 0.05) is 24.5 Å². The highest BCUT2D eigenvalue weighted by Crippen LogP contribution is 2.27. The molecule has 0 radical (unpaired) electrons. The van der Waals surface area contributed by atoms with E-state index in [0.29, 0.717) is 4.47 Å². The zero-order valence-corrected chi connectivity index (χ0v) is 13.3. The summed E-state index contributed by atoms with van der Waals surface area (Å²) in [6.07, 6.45) is 0.174. The van der Waals surface area contributed by atoms with Gasteiger partial charge in [0.2, 0.25) is 10.0 Å². The van der Waals surface area contributed by atoms with Gasteiger partial charge in [-0.15, -0.1) is 0 Å². The summed E-state index contributed by atoms with van der Waals surface area (Å²) >= 11 is 9.11. The Labute approximate surface area is 125 Å². The quantitative estimate of drug-likeness (QED) is 0.835. The van der Waals surface area contributed by atoms with Crippen LogP contribution in [-0.2, 0) is 14.8 Å². The van der Waals surface area contributed by atoms with E-state index in [2.05, 4.69) is 15.9 Å². The van der Waals surface area contributed by atoms with Crippen molar-refractivity contribution in [3.8, 4) is 0 Å². The summed E-state index contributed by atoms with van der Waals surface area (Å²) in [5.41, 5.74) is 0. The Morgan fingerprint density at radius 1 is 1.47 bits per heavy atom. The Balaban J connectivity index is 2.87. The number of halogens is 2. The molecule has 0 amide bonds. The first-order chi connectivity index (χ1) is 8.75. The van der Waals surface area contributed by atoms with Crippen LogP contribution in [0.25, 0.3) is 0 Å². The van der Waals surface area contributed by atoms with Gasteiger partial charge in [-0.25, -0.2) is 12.7 Å². The van der Waals surface area contributed by atoms with Crippen molar-refractivity contribution in [1.29, 1.82) is 0 Å². The number of sulfonamides is 1. The second kappa shape index (κ2) is 6.69. The largest absolute Gasteiger partial charge is 0.481 e. The molecule has 8 heteroatoms. The van der Waals surface area contributed by atoms with Crippen molar-refractivity contribution in [1.82, 2.24) is 4.31 Å². The number of hydrogen-bond acceptors (Lipinski definition) is 3. The van der Waals surface area contributed by atoms with Crippen molar-refractivity contribution in [3.63, 3.8) is 0 Å². The summed E-state index contributed by atoms with van der Waals surface area (Å²) in [7, 11) is -2.30. The van der Waals surface area contributed by atoms with Gasteiger partial charge < -0.3 is 5.11 Å². The van der Waals surface area contributed by atoms with Crippen LogP contribution < -0.4 is 0 Å². The van der Waals surface area contributed by atoms with Crippen LogP contribution in [0.4, 0.5) is 0 Å². The first kappa shape index (κ1) is 16.4. The van der Waals surface area contributed by atoms with Gasteiger partial charge in [-0.2, -0.15) is 0 Å². The molecule has 1 rings (SSSR count). The van der Waals surface area contributed by atoms with Gasteiger partial charge in [-0.1, -0.05) is 27.5 Å². The van der Waals surface area contributed by atoms with Gasteiger partial charge in [-0.3, -0.25) is 4.79 Å². The maximum atomic E-state index is 12.2. The van der Waals surface area contributed by atoms with E-state index in [1.165, 1.54) is 19.2 Å². The molecular weight excluding hydrogens is 358 g/mol. The number of benzene rings is 1. The van der Waals surface area contributed by atoms with Gasteiger partial charge in [0.15, 0.2) is 0 Å². The molecule has 0 unspecified atom stereocenters. The maximum absolute atomic E-state index is 12.2. The molecule has 106 valence electrons. The van der Waals surface area contributed by atoms with E-state index in [1.54, 1.807) is 6.07 Å². The molecule has 1 aromatic rings. The Morgan fingerprint density at radius 2 is 2.11 bits per heavy atom. The summed E-state index contributed by atoms with van der Waals surface area (Å²) in [5.74, 6) is -0.951. The Kier molecular flexibility index (Phi) is 5.79. The van der Waals surface area contributed by atoms with E-state index in [-0.39, 0.29) is 29.3 Å². The fourth-order valence-corrected chi connectivity index (χ4v) is 3.64. The van der Waals surface area contributed by atoms with Crippen molar-refractivity contribution in [2.24, 2.45) is 0 Å². The predicted molar refractivity (Wildman–Crippen MR) is 75.8 cm³/mol. The molecule has 0 heterocycles. The molecule has 19 heavy (non-hydrogen) atoms. The van der Waals surface area contributed by atoms with Crippen LogP contribution in [0.3, 0.4) is 0 Å². The van der Waals surface area contributed by atoms with Crippen LogP contribution >= 0.6 is 27.5 Å². The SMILES string of the molecule is CN(CCCC(=O)O)S(=O)(=O)c1ccc(Br)cc1Cl. The molecule has 0 fully saturated rings. The number of hydrogen-bond donors (Lipinski definition) is 1. The average Bonchev–Trinajstić information content (AvgIpc) is 2.27. The fraction of sp³-hybridized carbons (Fsp3) is 0.364. The molecule has 0 aliphatic carbocycles. The van der Waals surface area contributed by atoms with Crippen LogP contribution in [0.1, 0.15) is 12.8 Å². The zero-order valence-electron chi connectivity index (χ0n) is 10.1. The average molecular weight is 371 g/mol. The molecule has 0 spiro atoms. The lowest BCUT2D eigenvalue weighted by atomic mass is 10.3. The normalized spacial score (nSPS) is 11.8.